The van der Waals surface area contributed by atoms with E-state index in [0.717, 1.165) is 17.3 Å². The number of ether oxygens (including phenoxy) is 2. The first-order valence-corrected chi connectivity index (χ1v) is 8.74. The Morgan fingerprint density at radius 2 is 1.92 bits per heavy atom. The Balaban J connectivity index is 2.36. The number of carbonyl (C=O) groups is 2. The molecular weight excluding hydrogens is 362 g/mol. The normalized spacial score (nSPS) is 17.3. The molecule has 0 aliphatic carbocycles. The molecule has 0 spiro atoms. The zero-order valence-corrected chi connectivity index (χ0v) is 15.9. The average molecular weight is 381 g/mol. The topological polar surface area (TPSA) is 76.1 Å². The number of carboxylic acid groups (broad SMARTS) is 1. The van der Waals surface area contributed by atoms with Gasteiger partial charge in [0.15, 0.2) is 11.5 Å². The van der Waals surface area contributed by atoms with Crippen LogP contribution in [0.3, 0.4) is 0 Å². The van der Waals surface area contributed by atoms with Crippen molar-refractivity contribution in [1.29, 1.82) is 0 Å². The van der Waals surface area contributed by atoms with Crippen molar-refractivity contribution in [2.24, 2.45) is 5.92 Å². The third-order valence-electron chi connectivity index (χ3n) is 3.69. The van der Waals surface area contributed by atoms with Crippen LogP contribution in [0.15, 0.2) is 23.1 Å². The van der Waals surface area contributed by atoms with E-state index in [1.54, 1.807) is 45.2 Å². The zero-order valence-electron chi connectivity index (χ0n) is 14.3. The largest absolute Gasteiger partial charge is 0.493 e. The van der Waals surface area contributed by atoms with Crippen LogP contribution in [0, 0.1) is 5.92 Å². The number of rotatable bonds is 6. The van der Waals surface area contributed by atoms with E-state index in [1.165, 1.54) is 12.0 Å². The Kier molecular flexibility index (Phi) is 6.07. The highest BCUT2D eigenvalue weighted by Gasteiger charge is 2.41. The first kappa shape index (κ1) is 19.3. The van der Waals surface area contributed by atoms with Crippen LogP contribution in [0.1, 0.15) is 19.4 Å². The maximum Gasteiger partial charge on any atom is 0.327 e. The van der Waals surface area contributed by atoms with Crippen LogP contribution in [0.2, 0.25) is 0 Å². The van der Waals surface area contributed by atoms with Gasteiger partial charge in [-0.3, -0.25) is 9.69 Å². The highest BCUT2D eigenvalue weighted by atomic mass is 32.2. The fraction of sp³-hybridized carbons (Fsp3) is 0.353. The fourth-order valence-electron chi connectivity index (χ4n) is 2.51. The maximum absolute atomic E-state index is 12.7. The van der Waals surface area contributed by atoms with E-state index >= 15 is 0 Å². The molecule has 1 amide bonds. The second-order valence-electron chi connectivity index (χ2n) is 5.69. The van der Waals surface area contributed by atoms with E-state index in [1.807, 2.05) is 0 Å². The molecule has 1 unspecified atom stereocenters. The Hall–Kier alpha value is -2.06. The van der Waals surface area contributed by atoms with Crippen molar-refractivity contribution in [2.75, 3.05) is 14.2 Å². The summed E-state index contributed by atoms with van der Waals surface area (Å²) in [5.74, 6) is -0.611. The number of thiocarbonyl (C=S) groups is 1. The predicted octanol–water partition coefficient (Wildman–Crippen LogP) is 3.01. The molecule has 0 radical (unpaired) electrons. The van der Waals surface area contributed by atoms with E-state index in [9.17, 15) is 14.7 Å². The Bertz CT molecular complexity index is 745. The average Bonchev–Trinajstić information content (AvgIpc) is 2.82. The van der Waals surface area contributed by atoms with E-state index in [0.29, 0.717) is 16.4 Å². The van der Waals surface area contributed by atoms with Gasteiger partial charge in [-0.1, -0.05) is 43.9 Å². The smallest absolute Gasteiger partial charge is 0.327 e. The van der Waals surface area contributed by atoms with Gasteiger partial charge in [0.1, 0.15) is 10.4 Å². The second-order valence-corrected chi connectivity index (χ2v) is 7.37. The summed E-state index contributed by atoms with van der Waals surface area (Å²) in [6.45, 7) is 3.49. The van der Waals surface area contributed by atoms with Crippen LogP contribution >= 0.6 is 24.0 Å². The second kappa shape index (κ2) is 7.88. The van der Waals surface area contributed by atoms with Crippen LogP contribution in [0.25, 0.3) is 6.08 Å². The van der Waals surface area contributed by atoms with Crippen LogP contribution < -0.4 is 9.47 Å². The molecule has 1 N–H and O–H groups in total. The number of thioether (sulfide) groups is 1. The number of carbonyl (C=O) groups excluding carboxylic acids is 1. The third kappa shape index (κ3) is 3.96. The number of methoxy groups -OCH3 is 2. The number of carboxylic acids is 1. The lowest BCUT2D eigenvalue weighted by Crippen LogP contribution is -2.47. The van der Waals surface area contributed by atoms with Crippen molar-refractivity contribution in [3.05, 3.63) is 28.7 Å². The minimum atomic E-state index is -1.07. The molecular formula is C17H19NO5S2. The highest BCUT2D eigenvalue weighted by Crippen LogP contribution is 2.36. The Morgan fingerprint density at radius 1 is 1.28 bits per heavy atom. The first-order chi connectivity index (χ1) is 11.8. The summed E-state index contributed by atoms with van der Waals surface area (Å²) in [4.78, 5) is 25.8. The fourth-order valence-corrected chi connectivity index (χ4v) is 3.84. The summed E-state index contributed by atoms with van der Waals surface area (Å²) < 4.78 is 10.7. The molecule has 2 rings (SSSR count). The van der Waals surface area contributed by atoms with Crippen LogP contribution in [-0.4, -0.2) is 46.5 Å². The SMILES string of the molecule is COc1ccc(/C=C2\SC(=S)N(C(C(=O)O)C(C)C)C2=O)cc1OC. The highest BCUT2D eigenvalue weighted by molar-refractivity contribution is 8.26. The van der Waals surface area contributed by atoms with E-state index in [-0.39, 0.29) is 10.2 Å². The van der Waals surface area contributed by atoms with Crippen molar-refractivity contribution in [3.63, 3.8) is 0 Å². The molecule has 1 aliphatic rings. The molecule has 8 heteroatoms. The summed E-state index contributed by atoms with van der Waals surface area (Å²) in [7, 11) is 3.07. The lowest BCUT2D eigenvalue weighted by molar-refractivity contribution is -0.146. The van der Waals surface area contributed by atoms with Crippen molar-refractivity contribution in [1.82, 2.24) is 4.90 Å². The zero-order chi connectivity index (χ0) is 18.7. The van der Waals surface area contributed by atoms with Crippen LogP contribution in [0.4, 0.5) is 0 Å². The predicted molar refractivity (Wildman–Crippen MR) is 101 cm³/mol. The van der Waals surface area contributed by atoms with E-state index in [2.05, 4.69) is 0 Å². The minimum Gasteiger partial charge on any atom is -0.493 e. The third-order valence-corrected chi connectivity index (χ3v) is 5.02. The monoisotopic (exact) mass is 381 g/mol. The molecule has 1 aromatic carbocycles. The standard InChI is InChI=1S/C17H19NO5S2/c1-9(2)14(16(20)21)18-15(19)13(25-17(18)24)8-10-5-6-11(22-3)12(7-10)23-4/h5-9,14H,1-4H3,(H,20,21)/b13-8-. The van der Waals surface area contributed by atoms with Crippen LogP contribution in [0.5, 0.6) is 11.5 Å². The number of amides is 1. The van der Waals surface area contributed by atoms with Gasteiger partial charge in [-0.25, -0.2) is 4.79 Å². The van der Waals surface area contributed by atoms with Gasteiger partial charge in [-0.15, -0.1) is 0 Å². The summed E-state index contributed by atoms with van der Waals surface area (Å²) in [5, 5.41) is 9.43. The van der Waals surface area contributed by atoms with Gasteiger partial charge in [0.2, 0.25) is 0 Å². The molecule has 0 bridgehead atoms. The van der Waals surface area contributed by atoms with Gasteiger partial charge >= 0.3 is 5.97 Å². The minimum absolute atomic E-state index is 0.248. The van der Waals surface area contributed by atoms with Crippen molar-refractivity contribution in [2.45, 2.75) is 19.9 Å². The molecule has 1 aromatic rings. The number of hydrogen-bond donors (Lipinski definition) is 1. The Labute approximate surface area is 155 Å². The lowest BCUT2D eigenvalue weighted by atomic mass is 10.0. The molecule has 0 saturated carbocycles. The van der Waals surface area contributed by atoms with Crippen molar-refractivity contribution < 1.29 is 24.2 Å². The summed E-state index contributed by atoms with van der Waals surface area (Å²) >= 11 is 6.33. The van der Waals surface area contributed by atoms with Gasteiger partial charge in [0.05, 0.1) is 19.1 Å². The lowest BCUT2D eigenvalue weighted by Gasteiger charge is -2.26. The molecule has 1 saturated heterocycles. The quantitative estimate of drug-likeness (QED) is 0.599. The number of hydrogen-bond acceptors (Lipinski definition) is 6. The van der Waals surface area contributed by atoms with Gasteiger partial charge in [-0.05, 0) is 29.7 Å². The molecule has 1 atom stereocenters. The van der Waals surface area contributed by atoms with Gasteiger partial charge in [-0.2, -0.15) is 0 Å². The molecule has 1 fully saturated rings. The Morgan fingerprint density at radius 3 is 2.44 bits per heavy atom. The first-order valence-electron chi connectivity index (χ1n) is 7.52. The molecule has 0 aromatic heterocycles. The number of aliphatic carboxylic acids is 1. The molecule has 1 aliphatic heterocycles. The maximum atomic E-state index is 12.7. The van der Waals surface area contributed by atoms with E-state index < -0.39 is 17.9 Å². The van der Waals surface area contributed by atoms with Gasteiger partial charge in [0, 0.05) is 0 Å². The summed E-state index contributed by atoms with van der Waals surface area (Å²) in [6.07, 6.45) is 1.67. The molecule has 6 nitrogen and oxygen atoms in total. The number of nitrogens with zero attached hydrogens (tertiary/aromatic N) is 1. The molecule has 25 heavy (non-hydrogen) atoms. The van der Waals surface area contributed by atoms with Gasteiger partial charge in [0.25, 0.3) is 5.91 Å². The van der Waals surface area contributed by atoms with Crippen molar-refractivity contribution in [3.8, 4) is 11.5 Å². The van der Waals surface area contributed by atoms with Crippen molar-refractivity contribution >= 4 is 46.3 Å². The molecule has 134 valence electrons. The molecule has 1 heterocycles. The van der Waals surface area contributed by atoms with E-state index in [4.69, 9.17) is 21.7 Å². The van der Waals surface area contributed by atoms with Gasteiger partial charge < -0.3 is 14.6 Å². The summed E-state index contributed by atoms with van der Waals surface area (Å²) in [6, 6.07) is 4.27. The van der Waals surface area contributed by atoms with Crippen LogP contribution in [-0.2, 0) is 9.59 Å². The summed E-state index contributed by atoms with van der Waals surface area (Å²) in [5.41, 5.74) is 0.731. The number of benzene rings is 1.